The van der Waals surface area contributed by atoms with E-state index in [1.165, 1.54) is 20.8 Å². The highest BCUT2D eigenvalue weighted by atomic mass is 16.6. The number of hydrogen-bond donors (Lipinski definition) is 0. The summed E-state index contributed by atoms with van der Waals surface area (Å²) in [6.45, 7) is 4.00. The molecule has 1 aromatic carbocycles. The highest BCUT2D eigenvalue weighted by molar-refractivity contribution is 5.68. The summed E-state index contributed by atoms with van der Waals surface area (Å²) in [7, 11) is 0. The Balaban J connectivity index is 2.22. The Labute approximate surface area is 151 Å². The average Bonchev–Trinajstić information content (AvgIpc) is 2.56. The largest absolute Gasteiger partial charge is 0.455 e. The van der Waals surface area contributed by atoms with Crippen molar-refractivity contribution in [3.8, 4) is 0 Å². The van der Waals surface area contributed by atoms with E-state index >= 15 is 0 Å². The lowest BCUT2D eigenvalue weighted by Crippen LogP contribution is -2.52. The minimum Gasteiger partial charge on any atom is -0.455 e. The predicted molar refractivity (Wildman–Crippen MR) is 90.8 cm³/mol. The SMILES string of the molecule is CC(=O)O[C@H]1[C@H](OC(C)=O)[C@H](OC(C)=O)C=C[C@@H]1OCc1ccccc1. The molecule has 0 radical (unpaired) electrons. The van der Waals surface area contributed by atoms with Crippen molar-refractivity contribution in [2.45, 2.75) is 51.8 Å². The van der Waals surface area contributed by atoms with Gasteiger partial charge in [-0.1, -0.05) is 36.4 Å². The molecule has 0 N–H and O–H groups in total. The molecule has 1 aliphatic carbocycles. The molecule has 0 fully saturated rings. The first-order chi connectivity index (χ1) is 12.4. The van der Waals surface area contributed by atoms with Gasteiger partial charge in [-0.3, -0.25) is 14.4 Å². The summed E-state index contributed by atoms with van der Waals surface area (Å²) in [5.41, 5.74) is 0.939. The van der Waals surface area contributed by atoms with E-state index in [4.69, 9.17) is 18.9 Å². The number of ether oxygens (including phenoxy) is 4. The standard InChI is InChI=1S/C19H22O7/c1-12(20)24-17-10-9-16(23-11-15-7-5-4-6-8-15)18(25-13(2)21)19(17)26-14(3)22/h4-10,16-19H,11H2,1-3H3/t16-,17+,18+,19+/m0/s1. The third-order valence-electron chi connectivity index (χ3n) is 3.65. The van der Waals surface area contributed by atoms with Crippen LogP contribution in [0.5, 0.6) is 0 Å². The smallest absolute Gasteiger partial charge is 0.303 e. The summed E-state index contributed by atoms with van der Waals surface area (Å²) in [4.78, 5) is 34.4. The fourth-order valence-corrected chi connectivity index (χ4v) is 2.68. The molecule has 0 aromatic heterocycles. The maximum Gasteiger partial charge on any atom is 0.303 e. The molecular weight excluding hydrogens is 340 g/mol. The monoisotopic (exact) mass is 362 g/mol. The molecular formula is C19H22O7. The molecule has 0 amide bonds. The van der Waals surface area contributed by atoms with E-state index in [0.717, 1.165) is 5.56 Å². The lowest BCUT2D eigenvalue weighted by atomic mass is 9.95. The normalized spacial score (nSPS) is 24.6. The summed E-state index contributed by atoms with van der Waals surface area (Å²) >= 11 is 0. The number of esters is 3. The fraction of sp³-hybridized carbons (Fsp3) is 0.421. The Hall–Kier alpha value is -2.67. The molecule has 0 saturated carbocycles. The lowest BCUT2D eigenvalue weighted by Gasteiger charge is -2.37. The van der Waals surface area contributed by atoms with Gasteiger partial charge in [0.1, 0.15) is 6.10 Å². The molecule has 0 aliphatic heterocycles. The lowest BCUT2D eigenvalue weighted by molar-refractivity contribution is -0.192. The van der Waals surface area contributed by atoms with Crippen molar-refractivity contribution < 1.29 is 33.3 Å². The second-order valence-electron chi connectivity index (χ2n) is 5.87. The van der Waals surface area contributed by atoms with Crippen LogP contribution >= 0.6 is 0 Å². The molecule has 7 nitrogen and oxygen atoms in total. The zero-order valence-corrected chi connectivity index (χ0v) is 14.9. The molecule has 0 unspecified atom stereocenters. The molecule has 0 bridgehead atoms. The number of carbonyl (C=O) groups excluding carboxylic acids is 3. The molecule has 4 atom stereocenters. The van der Waals surface area contributed by atoms with Gasteiger partial charge in [0, 0.05) is 20.8 Å². The predicted octanol–water partition coefficient (Wildman–Crippen LogP) is 1.94. The molecule has 0 spiro atoms. The van der Waals surface area contributed by atoms with Gasteiger partial charge < -0.3 is 18.9 Å². The van der Waals surface area contributed by atoms with Crippen LogP contribution in [0, 0.1) is 0 Å². The number of hydrogen-bond acceptors (Lipinski definition) is 7. The van der Waals surface area contributed by atoms with Crippen LogP contribution in [-0.4, -0.2) is 42.3 Å². The Bertz CT molecular complexity index is 668. The van der Waals surface area contributed by atoms with Crippen LogP contribution in [0.25, 0.3) is 0 Å². The van der Waals surface area contributed by atoms with Crippen molar-refractivity contribution in [3.05, 3.63) is 48.0 Å². The van der Waals surface area contributed by atoms with Crippen molar-refractivity contribution in [2.24, 2.45) is 0 Å². The minimum atomic E-state index is -0.994. The topological polar surface area (TPSA) is 88.1 Å². The maximum absolute atomic E-state index is 11.5. The second-order valence-corrected chi connectivity index (χ2v) is 5.87. The van der Waals surface area contributed by atoms with Gasteiger partial charge in [0.2, 0.25) is 0 Å². The Morgan fingerprint density at radius 1 is 0.769 bits per heavy atom. The molecule has 1 aromatic rings. The van der Waals surface area contributed by atoms with Crippen molar-refractivity contribution in [2.75, 3.05) is 0 Å². The van der Waals surface area contributed by atoms with Crippen LogP contribution in [0.15, 0.2) is 42.5 Å². The van der Waals surface area contributed by atoms with E-state index in [1.54, 1.807) is 12.2 Å². The Morgan fingerprint density at radius 2 is 1.27 bits per heavy atom. The van der Waals surface area contributed by atoms with Crippen LogP contribution in [0.1, 0.15) is 26.3 Å². The van der Waals surface area contributed by atoms with Gasteiger partial charge in [0.05, 0.1) is 6.61 Å². The zero-order chi connectivity index (χ0) is 19.1. The summed E-state index contributed by atoms with van der Waals surface area (Å²) < 4.78 is 21.6. The van der Waals surface area contributed by atoms with E-state index in [1.807, 2.05) is 30.3 Å². The van der Waals surface area contributed by atoms with Gasteiger partial charge >= 0.3 is 17.9 Å². The third kappa shape index (κ3) is 5.70. The van der Waals surface area contributed by atoms with Gasteiger partial charge in [-0.2, -0.15) is 0 Å². The minimum absolute atomic E-state index is 0.276. The summed E-state index contributed by atoms with van der Waals surface area (Å²) in [6.07, 6.45) is -0.234. The zero-order valence-electron chi connectivity index (χ0n) is 14.9. The molecule has 0 saturated heterocycles. The number of benzene rings is 1. The first kappa shape index (κ1) is 19.7. The van der Waals surface area contributed by atoms with E-state index in [9.17, 15) is 14.4 Å². The molecule has 140 valence electrons. The van der Waals surface area contributed by atoms with Crippen molar-refractivity contribution in [3.63, 3.8) is 0 Å². The third-order valence-corrected chi connectivity index (χ3v) is 3.65. The van der Waals surface area contributed by atoms with Crippen molar-refractivity contribution in [1.29, 1.82) is 0 Å². The van der Waals surface area contributed by atoms with Gasteiger partial charge in [-0.05, 0) is 11.6 Å². The average molecular weight is 362 g/mol. The van der Waals surface area contributed by atoms with Crippen LogP contribution < -0.4 is 0 Å². The fourth-order valence-electron chi connectivity index (χ4n) is 2.68. The Kier molecular flexibility index (Phi) is 6.91. The van der Waals surface area contributed by atoms with Gasteiger partial charge in [-0.15, -0.1) is 0 Å². The van der Waals surface area contributed by atoms with Crippen LogP contribution in [0.4, 0.5) is 0 Å². The van der Waals surface area contributed by atoms with Gasteiger partial charge in [0.15, 0.2) is 18.3 Å². The van der Waals surface area contributed by atoms with Gasteiger partial charge in [0.25, 0.3) is 0 Å². The highest BCUT2D eigenvalue weighted by Gasteiger charge is 2.43. The summed E-state index contributed by atoms with van der Waals surface area (Å²) in [5, 5.41) is 0. The first-order valence-corrected chi connectivity index (χ1v) is 8.22. The Morgan fingerprint density at radius 3 is 1.81 bits per heavy atom. The van der Waals surface area contributed by atoms with E-state index < -0.39 is 42.3 Å². The number of rotatable bonds is 6. The quantitative estimate of drug-likeness (QED) is 0.434. The molecule has 1 aliphatic rings. The van der Waals surface area contributed by atoms with Crippen molar-refractivity contribution in [1.82, 2.24) is 0 Å². The summed E-state index contributed by atoms with van der Waals surface area (Å²) in [5.74, 6) is -1.68. The van der Waals surface area contributed by atoms with E-state index in [0.29, 0.717) is 0 Å². The van der Waals surface area contributed by atoms with E-state index in [2.05, 4.69) is 0 Å². The van der Waals surface area contributed by atoms with E-state index in [-0.39, 0.29) is 6.61 Å². The molecule has 7 heteroatoms. The maximum atomic E-state index is 11.5. The van der Waals surface area contributed by atoms with Crippen LogP contribution in [0.3, 0.4) is 0 Å². The highest BCUT2D eigenvalue weighted by Crippen LogP contribution is 2.25. The first-order valence-electron chi connectivity index (χ1n) is 8.22. The number of carbonyl (C=O) groups is 3. The van der Waals surface area contributed by atoms with Crippen LogP contribution in [0.2, 0.25) is 0 Å². The van der Waals surface area contributed by atoms with Crippen LogP contribution in [-0.2, 0) is 39.9 Å². The molecule has 0 heterocycles. The summed E-state index contributed by atoms with van der Waals surface area (Å²) in [6, 6.07) is 9.47. The molecule has 2 rings (SSSR count). The second kappa shape index (κ2) is 9.15. The van der Waals surface area contributed by atoms with Gasteiger partial charge in [-0.25, -0.2) is 0 Å². The molecule has 26 heavy (non-hydrogen) atoms. The van der Waals surface area contributed by atoms with Crippen molar-refractivity contribution >= 4 is 17.9 Å².